The van der Waals surface area contributed by atoms with Gasteiger partial charge in [0.15, 0.2) is 0 Å². The number of sulfonamides is 2. The number of nitrogens with zero attached hydrogens (tertiary/aromatic N) is 2. The molecule has 0 fully saturated rings. The number of hydrazone groups is 1. The zero-order chi connectivity index (χ0) is 22.2. The molecule has 2 heterocycles. The Morgan fingerprint density at radius 1 is 1.03 bits per heavy atom. The molecule has 0 aliphatic carbocycles. The molecule has 7 nitrogen and oxygen atoms in total. The van der Waals surface area contributed by atoms with Crippen LogP contribution in [0.3, 0.4) is 0 Å². The molecule has 1 aromatic heterocycles. The predicted octanol–water partition coefficient (Wildman–Crippen LogP) is 3.97. The highest BCUT2D eigenvalue weighted by Crippen LogP contribution is 2.39. The lowest BCUT2D eigenvalue weighted by Gasteiger charge is -2.22. The van der Waals surface area contributed by atoms with Crippen molar-refractivity contribution in [2.45, 2.75) is 24.3 Å². The van der Waals surface area contributed by atoms with Crippen LogP contribution in [0.1, 0.15) is 28.5 Å². The molecule has 1 aliphatic heterocycles. The molecule has 162 valence electrons. The van der Waals surface area contributed by atoms with Gasteiger partial charge in [-0.15, -0.1) is 11.3 Å². The van der Waals surface area contributed by atoms with Gasteiger partial charge in [0.25, 0.3) is 10.0 Å². The first-order valence-corrected chi connectivity index (χ1v) is 13.6. The van der Waals surface area contributed by atoms with Gasteiger partial charge in [0.05, 0.1) is 16.9 Å². The predicted molar refractivity (Wildman–Crippen MR) is 123 cm³/mol. The fourth-order valence-electron chi connectivity index (χ4n) is 3.37. The number of anilines is 1. The molecular weight excluding hydrogens is 454 g/mol. The van der Waals surface area contributed by atoms with Crippen molar-refractivity contribution in [1.29, 1.82) is 0 Å². The molecule has 10 heteroatoms. The van der Waals surface area contributed by atoms with Crippen molar-refractivity contribution in [2.24, 2.45) is 5.10 Å². The smallest absolute Gasteiger partial charge is 0.279 e. The standard InChI is InChI=1S/C21H21N3O4S3/c1-15-8-10-18(11-9-15)31(27,28)24-20(21-7-4-12-29-21)14-19(22-24)16-5-3-6-17(13-16)23-30(2,25)26/h3-13,20,23H,14H2,1-2H3. The maximum absolute atomic E-state index is 13.4. The van der Waals surface area contributed by atoms with Gasteiger partial charge in [0.1, 0.15) is 6.04 Å². The van der Waals surface area contributed by atoms with Gasteiger partial charge in [0.2, 0.25) is 10.0 Å². The molecule has 0 saturated heterocycles. The number of nitrogens with one attached hydrogen (secondary N) is 1. The molecule has 4 rings (SSSR count). The normalized spacial score (nSPS) is 16.9. The number of hydrogen-bond donors (Lipinski definition) is 1. The van der Waals surface area contributed by atoms with Crippen molar-refractivity contribution in [3.8, 4) is 0 Å². The van der Waals surface area contributed by atoms with Crippen LogP contribution in [0.4, 0.5) is 5.69 Å². The van der Waals surface area contributed by atoms with Crippen LogP contribution in [0.2, 0.25) is 0 Å². The van der Waals surface area contributed by atoms with Gasteiger partial charge in [-0.05, 0) is 48.2 Å². The number of rotatable bonds is 6. The summed E-state index contributed by atoms with van der Waals surface area (Å²) in [5.74, 6) is 0. The van der Waals surface area contributed by atoms with Crippen LogP contribution in [0.5, 0.6) is 0 Å². The van der Waals surface area contributed by atoms with Crippen molar-refractivity contribution in [1.82, 2.24) is 4.41 Å². The van der Waals surface area contributed by atoms with E-state index < -0.39 is 26.1 Å². The zero-order valence-electron chi connectivity index (χ0n) is 16.9. The Morgan fingerprint density at radius 3 is 2.42 bits per heavy atom. The Bertz CT molecular complexity index is 1330. The summed E-state index contributed by atoms with van der Waals surface area (Å²) in [6.07, 6.45) is 1.46. The molecule has 31 heavy (non-hydrogen) atoms. The van der Waals surface area contributed by atoms with Crippen LogP contribution in [-0.2, 0) is 20.0 Å². The highest BCUT2D eigenvalue weighted by Gasteiger charge is 2.38. The van der Waals surface area contributed by atoms with Crippen LogP contribution in [0.15, 0.2) is 76.0 Å². The average molecular weight is 476 g/mol. The molecule has 0 bridgehead atoms. The quantitative estimate of drug-likeness (QED) is 0.584. The first-order valence-electron chi connectivity index (χ1n) is 9.44. The Morgan fingerprint density at radius 2 is 1.77 bits per heavy atom. The SMILES string of the molecule is Cc1ccc(S(=O)(=O)N2N=C(c3cccc(NS(C)(=O)=O)c3)CC2c2cccs2)cc1. The van der Waals surface area contributed by atoms with Crippen molar-refractivity contribution >= 4 is 42.8 Å². The molecule has 3 aromatic rings. The van der Waals surface area contributed by atoms with Crippen LogP contribution >= 0.6 is 11.3 Å². The van der Waals surface area contributed by atoms with E-state index >= 15 is 0 Å². The number of aryl methyl sites for hydroxylation is 1. The highest BCUT2D eigenvalue weighted by molar-refractivity contribution is 7.92. The van der Waals surface area contributed by atoms with E-state index in [9.17, 15) is 16.8 Å². The van der Waals surface area contributed by atoms with E-state index in [1.165, 1.54) is 15.8 Å². The van der Waals surface area contributed by atoms with Gasteiger partial charge in [0, 0.05) is 17.0 Å². The molecule has 0 spiro atoms. The van der Waals surface area contributed by atoms with Gasteiger partial charge >= 0.3 is 0 Å². The first-order chi connectivity index (χ1) is 14.6. The summed E-state index contributed by atoms with van der Waals surface area (Å²) in [5.41, 5.74) is 2.60. The van der Waals surface area contributed by atoms with E-state index in [1.807, 2.05) is 24.4 Å². The fraction of sp³-hybridized carbons (Fsp3) is 0.190. The molecule has 2 aromatic carbocycles. The van der Waals surface area contributed by atoms with Crippen LogP contribution < -0.4 is 4.72 Å². The van der Waals surface area contributed by atoms with E-state index in [-0.39, 0.29) is 4.90 Å². The summed E-state index contributed by atoms with van der Waals surface area (Å²) >= 11 is 1.47. The Kier molecular flexibility index (Phi) is 5.63. The number of hydrogen-bond acceptors (Lipinski definition) is 6. The van der Waals surface area contributed by atoms with Gasteiger partial charge < -0.3 is 0 Å². The van der Waals surface area contributed by atoms with Crippen molar-refractivity contribution < 1.29 is 16.8 Å². The maximum atomic E-state index is 13.4. The van der Waals surface area contributed by atoms with Gasteiger partial charge in [-0.1, -0.05) is 35.9 Å². The van der Waals surface area contributed by atoms with Crippen LogP contribution in [0.25, 0.3) is 0 Å². The lowest BCUT2D eigenvalue weighted by atomic mass is 10.0. The lowest BCUT2D eigenvalue weighted by molar-refractivity contribution is 0.375. The molecule has 1 N–H and O–H groups in total. The molecule has 0 saturated carbocycles. The molecule has 1 atom stereocenters. The molecule has 0 amide bonds. The van der Waals surface area contributed by atoms with E-state index in [0.29, 0.717) is 23.4 Å². The summed E-state index contributed by atoms with van der Waals surface area (Å²) in [4.78, 5) is 1.07. The van der Waals surface area contributed by atoms with E-state index in [4.69, 9.17) is 0 Å². The number of thiophene rings is 1. The first kappa shape index (κ1) is 21.5. The Hall–Kier alpha value is -2.69. The lowest BCUT2D eigenvalue weighted by Crippen LogP contribution is -2.26. The second kappa shape index (κ2) is 8.10. The Balaban J connectivity index is 1.76. The minimum Gasteiger partial charge on any atom is -0.284 e. The second-order valence-electron chi connectivity index (χ2n) is 7.33. The van der Waals surface area contributed by atoms with Crippen molar-refractivity contribution in [3.05, 3.63) is 82.0 Å². The largest absolute Gasteiger partial charge is 0.284 e. The topological polar surface area (TPSA) is 95.9 Å². The highest BCUT2D eigenvalue weighted by atomic mass is 32.2. The summed E-state index contributed by atoms with van der Waals surface area (Å²) in [7, 11) is -7.30. The monoisotopic (exact) mass is 475 g/mol. The van der Waals surface area contributed by atoms with E-state index in [1.54, 1.807) is 48.5 Å². The van der Waals surface area contributed by atoms with Crippen molar-refractivity contribution in [2.75, 3.05) is 11.0 Å². The van der Waals surface area contributed by atoms with E-state index in [2.05, 4.69) is 9.82 Å². The van der Waals surface area contributed by atoms with Gasteiger partial charge in [-0.3, -0.25) is 4.72 Å². The number of benzene rings is 2. The third kappa shape index (κ3) is 4.65. The minimum atomic E-state index is -3.87. The molecule has 1 aliphatic rings. The second-order valence-corrected chi connectivity index (χ2v) is 11.9. The summed E-state index contributed by atoms with van der Waals surface area (Å²) in [6.45, 7) is 1.90. The fourth-order valence-corrected chi connectivity index (χ4v) is 6.23. The maximum Gasteiger partial charge on any atom is 0.279 e. The third-order valence-corrected chi connectivity index (χ3v) is 8.08. The zero-order valence-corrected chi connectivity index (χ0v) is 19.3. The molecular formula is C21H21N3O4S3. The summed E-state index contributed by atoms with van der Waals surface area (Å²) < 4.78 is 53.6. The van der Waals surface area contributed by atoms with Crippen molar-refractivity contribution in [3.63, 3.8) is 0 Å². The van der Waals surface area contributed by atoms with Gasteiger partial charge in [-0.2, -0.15) is 17.9 Å². The third-order valence-electron chi connectivity index (χ3n) is 4.81. The summed E-state index contributed by atoms with van der Waals surface area (Å²) in [5, 5.41) is 6.40. The van der Waals surface area contributed by atoms with Gasteiger partial charge in [-0.25, -0.2) is 8.42 Å². The van der Waals surface area contributed by atoms with E-state index in [0.717, 1.165) is 16.7 Å². The van der Waals surface area contributed by atoms with Crippen LogP contribution in [-0.4, -0.2) is 33.2 Å². The van der Waals surface area contributed by atoms with Crippen LogP contribution in [0, 0.1) is 6.92 Å². The average Bonchev–Trinajstić information content (AvgIpc) is 3.37. The Labute approximate surface area is 186 Å². The molecule has 1 unspecified atom stereocenters. The molecule has 0 radical (unpaired) electrons. The summed E-state index contributed by atoms with van der Waals surface area (Å²) in [6, 6.07) is 16.8. The minimum absolute atomic E-state index is 0.178.